The largest absolute Gasteiger partial charge is 0.361 e. The van der Waals surface area contributed by atoms with Gasteiger partial charge in [0.05, 0.1) is 0 Å². The highest BCUT2D eigenvalue weighted by Gasteiger charge is 2.05. The lowest BCUT2D eigenvalue weighted by Gasteiger charge is -2.10. The van der Waals surface area contributed by atoms with E-state index in [1.165, 1.54) is 16.5 Å². The second-order valence-electron chi connectivity index (χ2n) is 5.47. The maximum atomic E-state index is 5.08. The molecule has 0 amide bonds. The first kappa shape index (κ1) is 19.2. The van der Waals surface area contributed by atoms with E-state index in [1.54, 1.807) is 6.92 Å². The van der Waals surface area contributed by atoms with E-state index in [4.69, 9.17) is 4.52 Å². The quantitative estimate of drug-likeness (QED) is 0.303. The van der Waals surface area contributed by atoms with Crippen molar-refractivity contribution in [3.8, 4) is 0 Å². The number of aromatic nitrogens is 3. The van der Waals surface area contributed by atoms with Gasteiger partial charge < -0.3 is 20.1 Å². The first-order valence-corrected chi connectivity index (χ1v) is 8.12. The standard InChI is InChI=1S/C17H22N6O.HI/c1-3-18-17(21-11-16-22-12(2)23-24-16)19-9-8-13-10-20-15-7-5-4-6-14(13)15;/h4-7,10,20H,3,8-9,11H2,1-2H3,(H2,18,19,21);1H. The summed E-state index contributed by atoms with van der Waals surface area (Å²) in [6.07, 6.45) is 2.98. The number of hydrogen-bond acceptors (Lipinski definition) is 4. The fraction of sp³-hybridized carbons (Fsp3) is 0.353. The smallest absolute Gasteiger partial charge is 0.248 e. The SMILES string of the molecule is CCNC(=NCc1nc(C)no1)NCCc1c[nH]c2ccccc12.I. The molecule has 3 aromatic rings. The van der Waals surface area contributed by atoms with E-state index in [0.717, 1.165) is 25.5 Å². The molecule has 0 aliphatic rings. The van der Waals surface area contributed by atoms with Crippen LogP contribution >= 0.6 is 24.0 Å². The summed E-state index contributed by atoms with van der Waals surface area (Å²) in [4.78, 5) is 11.9. The number of nitrogens with one attached hydrogen (secondary N) is 3. The topological polar surface area (TPSA) is 91.1 Å². The normalized spacial score (nSPS) is 11.4. The van der Waals surface area contributed by atoms with Crippen LogP contribution in [-0.2, 0) is 13.0 Å². The minimum absolute atomic E-state index is 0. The lowest BCUT2D eigenvalue weighted by atomic mass is 10.1. The highest BCUT2D eigenvalue weighted by atomic mass is 127. The number of halogens is 1. The number of nitrogens with zero attached hydrogens (tertiary/aromatic N) is 3. The van der Waals surface area contributed by atoms with Crippen LogP contribution in [0.1, 0.15) is 24.2 Å². The van der Waals surface area contributed by atoms with Crippen molar-refractivity contribution in [1.82, 2.24) is 25.8 Å². The minimum Gasteiger partial charge on any atom is -0.361 e. The zero-order valence-corrected chi connectivity index (χ0v) is 16.7. The van der Waals surface area contributed by atoms with Crippen molar-refractivity contribution in [2.45, 2.75) is 26.8 Å². The molecule has 8 heteroatoms. The Labute approximate surface area is 163 Å². The molecule has 0 unspecified atom stereocenters. The summed E-state index contributed by atoms with van der Waals surface area (Å²) in [7, 11) is 0. The van der Waals surface area contributed by atoms with Crippen LogP contribution in [0.25, 0.3) is 10.9 Å². The Morgan fingerprint density at radius 3 is 2.88 bits per heavy atom. The Hall–Kier alpha value is -2.10. The second kappa shape index (κ2) is 9.40. The van der Waals surface area contributed by atoms with Crippen LogP contribution in [0, 0.1) is 6.92 Å². The van der Waals surface area contributed by atoms with E-state index < -0.39 is 0 Å². The molecule has 0 radical (unpaired) electrons. The molecule has 0 aliphatic carbocycles. The third-order valence-electron chi connectivity index (χ3n) is 3.65. The Balaban J connectivity index is 0.00000225. The number of benzene rings is 1. The predicted octanol–water partition coefficient (Wildman–Crippen LogP) is 2.78. The van der Waals surface area contributed by atoms with Crippen molar-refractivity contribution in [1.29, 1.82) is 0 Å². The van der Waals surface area contributed by atoms with Crippen molar-refractivity contribution in [2.24, 2.45) is 4.99 Å². The zero-order valence-electron chi connectivity index (χ0n) is 14.4. The van der Waals surface area contributed by atoms with E-state index in [2.05, 4.69) is 55.1 Å². The van der Waals surface area contributed by atoms with Gasteiger partial charge in [0.1, 0.15) is 6.54 Å². The van der Waals surface area contributed by atoms with E-state index >= 15 is 0 Å². The van der Waals surface area contributed by atoms with Gasteiger partial charge in [-0.25, -0.2) is 4.99 Å². The van der Waals surface area contributed by atoms with Crippen LogP contribution in [0.4, 0.5) is 0 Å². The molecule has 0 atom stereocenters. The molecule has 0 spiro atoms. The Kier molecular flexibility index (Phi) is 7.23. The van der Waals surface area contributed by atoms with Crippen molar-refractivity contribution in [2.75, 3.05) is 13.1 Å². The Morgan fingerprint density at radius 2 is 2.12 bits per heavy atom. The van der Waals surface area contributed by atoms with Crippen molar-refractivity contribution < 1.29 is 4.52 Å². The third kappa shape index (κ3) is 5.18. The van der Waals surface area contributed by atoms with Crippen LogP contribution < -0.4 is 10.6 Å². The molecule has 0 bridgehead atoms. The number of para-hydroxylation sites is 1. The third-order valence-corrected chi connectivity index (χ3v) is 3.65. The number of aryl methyl sites for hydroxylation is 1. The molecule has 25 heavy (non-hydrogen) atoms. The molecule has 134 valence electrons. The minimum atomic E-state index is 0. The van der Waals surface area contributed by atoms with Gasteiger partial charge in [-0.15, -0.1) is 24.0 Å². The van der Waals surface area contributed by atoms with Gasteiger partial charge in [-0.05, 0) is 31.9 Å². The number of hydrogen-bond donors (Lipinski definition) is 3. The lowest BCUT2D eigenvalue weighted by molar-refractivity contribution is 0.376. The monoisotopic (exact) mass is 454 g/mol. The molecule has 2 heterocycles. The van der Waals surface area contributed by atoms with Crippen LogP contribution in [0.2, 0.25) is 0 Å². The number of rotatable bonds is 6. The first-order valence-electron chi connectivity index (χ1n) is 8.12. The van der Waals surface area contributed by atoms with Crippen molar-refractivity contribution >= 4 is 40.8 Å². The van der Waals surface area contributed by atoms with Gasteiger partial charge in [0.15, 0.2) is 11.8 Å². The van der Waals surface area contributed by atoms with Gasteiger partial charge in [0.2, 0.25) is 5.89 Å². The summed E-state index contributed by atoms with van der Waals surface area (Å²) in [5.74, 6) is 1.88. The molecule has 0 fully saturated rings. The highest BCUT2D eigenvalue weighted by Crippen LogP contribution is 2.17. The van der Waals surface area contributed by atoms with Gasteiger partial charge in [-0.2, -0.15) is 4.98 Å². The van der Waals surface area contributed by atoms with Gasteiger partial charge in [-0.3, -0.25) is 0 Å². The zero-order chi connectivity index (χ0) is 16.8. The molecule has 3 rings (SSSR count). The van der Waals surface area contributed by atoms with Gasteiger partial charge in [-0.1, -0.05) is 23.4 Å². The van der Waals surface area contributed by atoms with Crippen LogP contribution in [0.3, 0.4) is 0 Å². The van der Waals surface area contributed by atoms with E-state index in [0.29, 0.717) is 18.3 Å². The van der Waals surface area contributed by atoms with Gasteiger partial charge >= 0.3 is 0 Å². The molecule has 2 aromatic heterocycles. The molecule has 0 saturated heterocycles. The van der Waals surface area contributed by atoms with Crippen molar-refractivity contribution in [3.63, 3.8) is 0 Å². The average molecular weight is 454 g/mol. The fourth-order valence-electron chi connectivity index (χ4n) is 2.55. The Bertz CT molecular complexity index is 825. The summed E-state index contributed by atoms with van der Waals surface area (Å²) in [5, 5.41) is 11.6. The summed E-state index contributed by atoms with van der Waals surface area (Å²) in [6.45, 7) is 5.77. The summed E-state index contributed by atoms with van der Waals surface area (Å²) < 4.78 is 5.08. The van der Waals surface area contributed by atoms with E-state index in [-0.39, 0.29) is 24.0 Å². The Morgan fingerprint density at radius 1 is 1.28 bits per heavy atom. The maximum absolute atomic E-state index is 5.08. The number of fused-ring (bicyclic) bond motifs is 1. The molecule has 7 nitrogen and oxygen atoms in total. The molecular weight excluding hydrogens is 431 g/mol. The van der Waals surface area contributed by atoms with Crippen LogP contribution in [0.15, 0.2) is 40.0 Å². The fourth-order valence-corrected chi connectivity index (χ4v) is 2.55. The van der Waals surface area contributed by atoms with Gasteiger partial charge in [0, 0.05) is 30.2 Å². The lowest BCUT2D eigenvalue weighted by Crippen LogP contribution is -2.38. The number of aliphatic imine (C=N–C) groups is 1. The molecule has 0 aliphatic heterocycles. The van der Waals surface area contributed by atoms with E-state index in [1.807, 2.05) is 13.0 Å². The van der Waals surface area contributed by atoms with E-state index in [9.17, 15) is 0 Å². The van der Waals surface area contributed by atoms with Crippen molar-refractivity contribution in [3.05, 3.63) is 47.7 Å². The molecule has 0 saturated carbocycles. The van der Waals surface area contributed by atoms with Gasteiger partial charge in [0.25, 0.3) is 0 Å². The maximum Gasteiger partial charge on any atom is 0.248 e. The molecule has 1 aromatic carbocycles. The summed E-state index contributed by atoms with van der Waals surface area (Å²) in [5.41, 5.74) is 2.46. The number of guanidine groups is 1. The van der Waals surface area contributed by atoms with Crippen LogP contribution in [0.5, 0.6) is 0 Å². The highest BCUT2D eigenvalue weighted by molar-refractivity contribution is 14.0. The summed E-state index contributed by atoms with van der Waals surface area (Å²) in [6, 6.07) is 8.32. The number of H-pyrrole nitrogens is 1. The van der Waals surface area contributed by atoms with Crippen LogP contribution in [-0.4, -0.2) is 34.2 Å². The predicted molar refractivity (Wildman–Crippen MR) is 109 cm³/mol. The molecular formula is C17H23IN6O. The summed E-state index contributed by atoms with van der Waals surface area (Å²) >= 11 is 0. The molecule has 3 N–H and O–H groups in total. The number of aromatic amines is 1. The average Bonchev–Trinajstić information content (AvgIpc) is 3.19. The first-order chi connectivity index (χ1) is 11.8. The second-order valence-corrected chi connectivity index (χ2v) is 5.47.